The summed E-state index contributed by atoms with van der Waals surface area (Å²) in [4.78, 5) is 19.1. The van der Waals surface area contributed by atoms with Gasteiger partial charge in [0, 0.05) is 29.9 Å². The second kappa shape index (κ2) is 5.21. The lowest BCUT2D eigenvalue weighted by molar-refractivity contribution is -0.138. The molecule has 0 amide bonds. The van der Waals surface area contributed by atoms with Gasteiger partial charge in [0.1, 0.15) is 0 Å². The van der Waals surface area contributed by atoms with Crippen molar-refractivity contribution in [2.24, 2.45) is 5.92 Å². The second-order valence-electron chi connectivity index (χ2n) is 5.85. The molecular weight excluding hydrogens is 260 g/mol. The summed E-state index contributed by atoms with van der Waals surface area (Å²) >= 11 is 1.74. The number of carbonyl (C=O) groups is 1. The van der Waals surface area contributed by atoms with E-state index >= 15 is 0 Å². The number of carboxylic acid groups (broad SMARTS) is 1. The average Bonchev–Trinajstić information content (AvgIpc) is 2.83. The van der Waals surface area contributed by atoms with Crippen molar-refractivity contribution in [1.29, 1.82) is 0 Å². The molecule has 0 spiro atoms. The SMILES string of the molecule is Cc1ncsc1CN1C2CCC1CC(CC(=O)O)C2. The summed E-state index contributed by atoms with van der Waals surface area (Å²) in [7, 11) is 0. The van der Waals surface area contributed by atoms with Gasteiger partial charge in [-0.1, -0.05) is 0 Å². The lowest BCUT2D eigenvalue weighted by Gasteiger charge is -2.38. The molecule has 1 N–H and O–H groups in total. The van der Waals surface area contributed by atoms with E-state index in [1.807, 2.05) is 5.51 Å². The Morgan fingerprint density at radius 1 is 1.47 bits per heavy atom. The average molecular weight is 280 g/mol. The first-order valence-corrected chi connectivity index (χ1v) is 7.88. The van der Waals surface area contributed by atoms with Crippen molar-refractivity contribution >= 4 is 17.3 Å². The van der Waals surface area contributed by atoms with E-state index in [9.17, 15) is 4.79 Å². The quantitative estimate of drug-likeness (QED) is 0.921. The summed E-state index contributed by atoms with van der Waals surface area (Å²) in [5.41, 5.74) is 3.07. The fourth-order valence-corrected chi connectivity index (χ4v) is 4.49. The van der Waals surface area contributed by atoms with Gasteiger partial charge in [-0.2, -0.15) is 0 Å². The maximum atomic E-state index is 10.9. The minimum Gasteiger partial charge on any atom is -0.481 e. The van der Waals surface area contributed by atoms with E-state index in [4.69, 9.17) is 5.11 Å². The second-order valence-corrected chi connectivity index (χ2v) is 6.79. The van der Waals surface area contributed by atoms with Gasteiger partial charge in [-0.3, -0.25) is 9.69 Å². The van der Waals surface area contributed by atoms with Crippen molar-refractivity contribution < 1.29 is 9.90 Å². The van der Waals surface area contributed by atoms with Crippen LogP contribution in [0.3, 0.4) is 0 Å². The van der Waals surface area contributed by atoms with Crippen LogP contribution in [-0.2, 0) is 11.3 Å². The van der Waals surface area contributed by atoms with Gasteiger partial charge >= 0.3 is 5.97 Å². The highest BCUT2D eigenvalue weighted by molar-refractivity contribution is 7.09. The molecule has 3 heterocycles. The van der Waals surface area contributed by atoms with Gasteiger partial charge < -0.3 is 5.11 Å². The Balaban J connectivity index is 1.66. The zero-order valence-corrected chi connectivity index (χ0v) is 12.0. The van der Waals surface area contributed by atoms with Crippen molar-refractivity contribution in [1.82, 2.24) is 9.88 Å². The molecule has 2 saturated heterocycles. The number of nitrogens with zero attached hydrogens (tertiary/aromatic N) is 2. The van der Waals surface area contributed by atoms with Gasteiger partial charge in [0.15, 0.2) is 0 Å². The molecule has 2 aliphatic rings. The molecule has 1 aromatic heterocycles. The van der Waals surface area contributed by atoms with Crippen LogP contribution in [0.25, 0.3) is 0 Å². The Bertz CT molecular complexity index is 460. The monoisotopic (exact) mass is 280 g/mol. The normalized spacial score (nSPS) is 30.7. The molecule has 0 saturated carbocycles. The predicted octanol–water partition coefficient (Wildman–Crippen LogP) is 2.67. The van der Waals surface area contributed by atoms with Crippen molar-refractivity contribution in [2.45, 2.75) is 57.7 Å². The van der Waals surface area contributed by atoms with E-state index in [0.29, 0.717) is 24.4 Å². The highest BCUT2D eigenvalue weighted by atomic mass is 32.1. The van der Waals surface area contributed by atoms with E-state index in [1.54, 1.807) is 11.3 Å². The van der Waals surface area contributed by atoms with Gasteiger partial charge in [0.25, 0.3) is 0 Å². The maximum absolute atomic E-state index is 10.9. The van der Waals surface area contributed by atoms with Crippen LogP contribution in [0.15, 0.2) is 5.51 Å². The van der Waals surface area contributed by atoms with Crippen LogP contribution in [0.5, 0.6) is 0 Å². The molecule has 2 fully saturated rings. The van der Waals surface area contributed by atoms with Gasteiger partial charge in [0.2, 0.25) is 0 Å². The Morgan fingerprint density at radius 2 is 2.16 bits per heavy atom. The molecule has 1 aromatic rings. The Hall–Kier alpha value is -0.940. The first-order chi connectivity index (χ1) is 9.13. The van der Waals surface area contributed by atoms with E-state index in [1.165, 1.54) is 17.7 Å². The Morgan fingerprint density at radius 3 is 2.68 bits per heavy atom. The van der Waals surface area contributed by atoms with Crippen LogP contribution in [0.4, 0.5) is 0 Å². The van der Waals surface area contributed by atoms with Crippen LogP contribution in [0, 0.1) is 12.8 Å². The number of aromatic nitrogens is 1. The number of piperidine rings is 1. The third-order valence-corrected chi connectivity index (χ3v) is 5.54. The lowest BCUT2D eigenvalue weighted by atomic mass is 9.88. The van der Waals surface area contributed by atoms with Crippen molar-refractivity contribution in [2.75, 3.05) is 0 Å². The van der Waals surface area contributed by atoms with Crippen molar-refractivity contribution in [3.05, 3.63) is 16.1 Å². The topological polar surface area (TPSA) is 53.4 Å². The van der Waals surface area contributed by atoms with Crippen LogP contribution in [0.1, 0.15) is 42.7 Å². The van der Waals surface area contributed by atoms with Gasteiger partial charge in [-0.25, -0.2) is 4.98 Å². The molecule has 5 heteroatoms. The highest BCUT2D eigenvalue weighted by Crippen LogP contribution is 2.41. The van der Waals surface area contributed by atoms with Crippen LogP contribution in [-0.4, -0.2) is 33.0 Å². The number of aryl methyl sites for hydroxylation is 1. The summed E-state index contributed by atoms with van der Waals surface area (Å²) in [6, 6.07) is 1.18. The molecule has 2 aliphatic heterocycles. The Labute approximate surface area is 117 Å². The first-order valence-electron chi connectivity index (χ1n) is 7.00. The Kier molecular flexibility index (Phi) is 3.58. The number of fused-ring (bicyclic) bond motifs is 2. The molecule has 19 heavy (non-hydrogen) atoms. The smallest absolute Gasteiger partial charge is 0.303 e. The number of rotatable bonds is 4. The molecule has 104 valence electrons. The van der Waals surface area contributed by atoms with E-state index < -0.39 is 5.97 Å². The molecule has 4 nitrogen and oxygen atoms in total. The van der Waals surface area contributed by atoms with E-state index in [2.05, 4.69) is 16.8 Å². The third kappa shape index (κ3) is 2.67. The van der Waals surface area contributed by atoms with Crippen LogP contribution in [0.2, 0.25) is 0 Å². The molecule has 2 unspecified atom stereocenters. The number of carboxylic acids is 1. The molecule has 3 rings (SSSR count). The molecule has 0 aliphatic carbocycles. The minimum atomic E-state index is -0.642. The fraction of sp³-hybridized carbons (Fsp3) is 0.714. The van der Waals surface area contributed by atoms with E-state index in [-0.39, 0.29) is 0 Å². The molecule has 0 radical (unpaired) electrons. The summed E-state index contributed by atoms with van der Waals surface area (Å²) in [5.74, 6) is -0.259. The predicted molar refractivity (Wildman–Crippen MR) is 74.2 cm³/mol. The molecule has 2 atom stereocenters. The summed E-state index contributed by atoms with van der Waals surface area (Å²) in [6.07, 6.45) is 4.93. The van der Waals surface area contributed by atoms with Crippen molar-refractivity contribution in [3.8, 4) is 0 Å². The fourth-order valence-electron chi connectivity index (χ4n) is 3.70. The lowest BCUT2D eigenvalue weighted by Crippen LogP contribution is -2.42. The molecule has 0 aromatic carbocycles. The van der Waals surface area contributed by atoms with Gasteiger partial charge in [0.05, 0.1) is 11.2 Å². The number of hydrogen-bond acceptors (Lipinski definition) is 4. The molecular formula is C14H20N2O2S. The summed E-state index contributed by atoms with van der Waals surface area (Å²) < 4.78 is 0. The highest BCUT2D eigenvalue weighted by Gasteiger charge is 2.41. The maximum Gasteiger partial charge on any atom is 0.303 e. The van der Waals surface area contributed by atoms with Crippen LogP contribution >= 0.6 is 11.3 Å². The van der Waals surface area contributed by atoms with Crippen molar-refractivity contribution in [3.63, 3.8) is 0 Å². The zero-order valence-electron chi connectivity index (χ0n) is 11.2. The largest absolute Gasteiger partial charge is 0.481 e. The summed E-state index contributed by atoms with van der Waals surface area (Å²) in [5, 5.41) is 8.95. The van der Waals surface area contributed by atoms with Gasteiger partial charge in [-0.05, 0) is 38.5 Å². The third-order valence-electron chi connectivity index (χ3n) is 4.62. The van der Waals surface area contributed by atoms with Gasteiger partial charge in [-0.15, -0.1) is 11.3 Å². The van der Waals surface area contributed by atoms with Crippen LogP contribution < -0.4 is 0 Å². The standard InChI is InChI=1S/C14H20N2O2S/c1-9-13(19-8-15-9)7-16-11-2-3-12(16)5-10(4-11)6-14(17)18/h8,10-12H,2-7H2,1H3,(H,17,18). The number of aliphatic carboxylic acids is 1. The minimum absolute atomic E-state index is 0.348. The molecule has 2 bridgehead atoms. The number of hydrogen-bond donors (Lipinski definition) is 1. The number of thiazole rings is 1. The summed E-state index contributed by atoms with van der Waals surface area (Å²) in [6.45, 7) is 3.08. The van der Waals surface area contributed by atoms with E-state index in [0.717, 1.165) is 25.1 Å². The first kappa shape index (κ1) is 13.1. The zero-order chi connectivity index (χ0) is 13.4.